The summed E-state index contributed by atoms with van der Waals surface area (Å²) in [6.07, 6.45) is 0. The molecule has 0 aliphatic carbocycles. The number of nitroso groups, excluding NO2 is 1. The predicted molar refractivity (Wildman–Crippen MR) is 66.2 cm³/mol. The fraction of sp³-hybridized carbons (Fsp3) is 0.231. The summed E-state index contributed by atoms with van der Waals surface area (Å²) in [5.74, 6) is 0. The molecule has 5 heteroatoms. The van der Waals surface area contributed by atoms with Crippen molar-refractivity contribution >= 4 is 5.69 Å². The van der Waals surface area contributed by atoms with Crippen LogP contribution in [0.3, 0.4) is 0 Å². The van der Waals surface area contributed by atoms with Crippen molar-refractivity contribution in [2.45, 2.75) is 20.4 Å². The topological polar surface area (TPSA) is 72.9 Å². The van der Waals surface area contributed by atoms with Crippen molar-refractivity contribution in [2.24, 2.45) is 5.18 Å². The van der Waals surface area contributed by atoms with Crippen molar-refractivity contribution in [3.8, 4) is 6.07 Å². The summed E-state index contributed by atoms with van der Waals surface area (Å²) in [4.78, 5) is 10.7. The van der Waals surface area contributed by atoms with Gasteiger partial charge in [0.05, 0.1) is 11.6 Å². The van der Waals surface area contributed by atoms with Gasteiger partial charge < -0.3 is 0 Å². The maximum absolute atomic E-state index is 10.7. The van der Waals surface area contributed by atoms with Gasteiger partial charge in [-0.2, -0.15) is 10.4 Å². The molecule has 2 rings (SSSR count). The Kier molecular flexibility index (Phi) is 3.20. The van der Waals surface area contributed by atoms with Crippen LogP contribution in [0.2, 0.25) is 0 Å². The highest BCUT2D eigenvalue weighted by molar-refractivity contribution is 5.42. The van der Waals surface area contributed by atoms with Crippen LogP contribution in [0.15, 0.2) is 29.4 Å². The number of nitrogens with zero attached hydrogens (tertiary/aromatic N) is 3. The van der Waals surface area contributed by atoms with Crippen molar-refractivity contribution in [3.05, 3.63) is 51.7 Å². The fourth-order valence-corrected chi connectivity index (χ4v) is 1.95. The Morgan fingerprint density at radius 1 is 1.44 bits per heavy atom. The van der Waals surface area contributed by atoms with Crippen LogP contribution < -0.4 is 4.68 Å². The Labute approximate surface area is 105 Å². The third-order valence-corrected chi connectivity index (χ3v) is 2.89. The number of aromatic nitrogens is 2. The van der Waals surface area contributed by atoms with Gasteiger partial charge in [0.15, 0.2) is 6.54 Å². The number of aromatic amines is 1. The predicted octanol–water partition coefficient (Wildman–Crippen LogP) is 2.24. The number of rotatable bonds is 3. The number of hydrogen-bond acceptors (Lipinski definition) is 3. The Morgan fingerprint density at radius 3 is 2.83 bits per heavy atom. The second kappa shape index (κ2) is 4.80. The molecule has 1 aromatic heterocycles. The molecule has 0 spiro atoms. The Morgan fingerprint density at radius 2 is 2.22 bits per heavy atom. The number of nitrogens with one attached hydrogen (secondary N) is 1. The molecular formula is C13H13N4O+. The maximum atomic E-state index is 10.7. The van der Waals surface area contributed by atoms with E-state index in [-0.39, 0.29) is 0 Å². The van der Waals surface area contributed by atoms with Crippen LogP contribution in [0.4, 0.5) is 5.69 Å². The molecule has 1 heterocycles. The van der Waals surface area contributed by atoms with E-state index in [4.69, 9.17) is 5.26 Å². The average molecular weight is 241 g/mol. The summed E-state index contributed by atoms with van der Waals surface area (Å²) in [6, 6.07) is 9.49. The van der Waals surface area contributed by atoms with Crippen LogP contribution in [-0.2, 0) is 6.54 Å². The number of hydrogen-bond donors (Lipinski definition) is 1. The molecular weight excluding hydrogens is 228 g/mol. The Balaban J connectivity index is 2.34. The lowest BCUT2D eigenvalue weighted by molar-refractivity contribution is -0.747. The first kappa shape index (κ1) is 12.0. The summed E-state index contributed by atoms with van der Waals surface area (Å²) in [6.45, 7) is 4.23. The quantitative estimate of drug-likeness (QED) is 0.661. The van der Waals surface area contributed by atoms with Crippen molar-refractivity contribution < 1.29 is 4.68 Å². The van der Waals surface area contributed by atoms with Gasteiger partial charge in [-0.1, -0.05) is 12.1 Å². The highest BCUT2D eigenvalue weighted by atomic mass is 16.3. The molecule has 0 unspecified atom stereocenters. The molecule has 18 heavy (non-hydrogen) atoms. The summed E-state index contributed by atoms with van der Waals surface area (Å²) in [5.41, 5.74) is 3.62. The lowest BCUT2D eigenvalue weighted by Crippen LogP contribution is -2.38. The minimum atomic E-state index is 0.450. The third-order valence-electron chi connectivity index (χ3n) is 2.89. The van der Waals surface area contributed by atoms with Gasteiger partial charge in [0.1, 0.15) is 5.69 Å². The zero-order chi connectivity index (χ0) is 13.1. The molecule has 0 saturated carbocycles. The fourth-order valence-electron chi connectivity index (χ4n) is 1.95. The number of H-pyrrole nitrogens is 1. The first-order valence-electron chi connectivity index (χ1n) is 5.57. The van der Waals surface area contributed by atoms with Crippen LogP contribution >= 0.6 is 0 Å². The minimum absolute atomic E-state index is 0.450. The van der Waals surface area contributed by atoms with E-state index in [2.05, 4.69) is 16.3 Å². The third kappa shape index (κ3) is 2.13. The monoisotopic (exact) mass is 241 g/mol. The standard InChI is InChI=1S/C13H12N4O/c1-9-13(16-18)10(2)17(15-9)8-12-5-3-4-11(6-12)7-14/h3-6H,8H2,1-2H3/p+1. The first-order chi connectivity index (χ1) is 8.65. The van der Waals surface area contributed by atoms with Crippen molar-refractivity contribution in [3.63, 3.8) is 0 Å². The zero-order valence-electron chi connectivity index (χ0n) is 10.3. The van der Waals surface area contributed by atoms with Gasteiger partial charge >= 0.3 is 0 Å². The smallest absolute Gasteiger partial charge is 0.192 e. The second-order valence-corrected chi connectivity index (χ2v) is 4.16. The van der Waals surface area contributed by atoms with E-state index in [1.54, 1.807) is 6.07 Å². The summed E-state index contributed by atoms with van der Waals surface area (Å²) in [5, 5.41) is 14.9. The van der Waals surface area contributed by atoms with Crippen molar-refractivity contribution in [1.29, 1.82) is 5.26 Å². The van der Waals surface area contributed by atoms with Crippen LogP contribution in [0.1, 0.15) is 22.5 Å². The number of aryl methyl sites for hydroxylation is 1. The average Bonchev–Trinajstić information content (AvgIpc) is 2.64. The van der Waals surface area contributed by atoms with Gasteiger partial charge in [-0.25, -0.2) is 0 Å². The molecule has 0 bridgehead atoms. The van der Waals surface area contributed by atoms with Crippen molar-refractivity contribution in [2.75, 3.05) is 0 Å². The molecule has 90 valence electrons. The molecule has 0 aliphatic heterocycles. The highest BCUT2D eigenvalue weighted by Gasteiger charge is 2.19. The Bertz CT molecular complexity index is 637. The summed E-state index contributed by atoms with van der Waals surface area (Å²) >= 11 is 0. The molecule has 2 aromatic rings. The summed E-state index contributed by atoms with van der Waals surface area (Å²) < 4.78 is 1.85. The van der Waals surface area contributed by atoms with Crippen molar-refractivity contribution in [1.82, 2.24) is 5.10 Å². The minimum Gasteiger partial charge on any atom is -0.192 e. The molecule has 1 N–H and O–H groups in total. The van der Waals surface area contributed by atoms with Crippen LogP contribution in [0, 0.1) is 30.1 Å². The van der Waals surface area contributed by atoms with E-state index in [0.29, 0.717) is 17.8 Å². The van der Waals surface area contributed by atoms with Crippen LogP contribution in [0.5, 0.6) is 0 Å². The van der Waals surface area contributed by atoms with Gasteiger partial charge in [0.25, 0.3) is 0 Å². The highest BCUT2D eigenvalue weighted by Crippen LogP contribution is 2.18. The number of nitriles is 1. The Hall–Kier alpha value is -2.48. The van der Waals surface area contributed by atoms with Crippen LogP contribution in [0.25, 0.3) is 0 Å². The van der Waals surface area contributed by atoms with E-state index in [1.165, 1.54) is 0 Å². The van der Waals surface area contributed by atoms with E-state index < -0.39 is 0 Å². The van der Waals surface area contributed by atoms with Gasteiger partial charge in [-0.3, -0.25) is 0 Å². The van der Waals surface area contributed by atoms with Crippen LogP contribution in [-0.4, -0.2) is 5.10 Å². The largest absolute Gasteiger partial charge is 0.234 e. The van der Waals surface area contributed by atoms with E-state index in [9.17, 15) is 4.91 Å². The van der Waals surface area contributed by atoms with Gasteiger partial charge in [0.2, 0.25) is 11.4 Å². The SMILES string of the molecule is Cc1[nH][n+](Cc2cccc(C#N)c2)c(C)c1N=O. The van der Waals surface area contributed by atoms with E-state index in [0.717, 1.165) is 17.0 Å². The molecule has 0 amide bonds. The molecule has 0 radical (unpaired) electrons. The lowest BCUT2D eigenvalue weighted by Gasteiger charge is -1.96. The molecule has 1 aromatic carbocycles. The molecule has 0 saturated heterocycles. The molecule has 0 aliphatic rings. The normalized spacial score (nSPS) is 10.1. The lowest BCUT2D eigenvalue weighted by atomic mass is 10.1. The zero-order valence-corrected chi connectivity index (χ0v) is 10.3. The summed E-state index contributed by atoms with van der Waals surface area (Å²) in [7, 11) is 0. The molecule has 5 nitrogen and oxygen atoms in total. The molecule has 0 fully saturated rings. The number of benzene rings is 1. The van der Waals surface area contributed by atoms with Gasteiger partial charge in [-0.05, 0) is 24.2 Å². The van der Waals surface area contributed by atoms with Gasteiger partial charge in [0, 0.05) is 12.5 Å². The van der Waals surface area contributed by atoms with E-state index >= 15 is 0 Å². The van der Waals surface area contributed by atoms with E-state index in [1.807, 2.05) is 36.7 Å². The first-order valence-corrected chi connectivity index (χ1v) is 5.57. The second-order valence-electron chi connectivity index (χ2n) is 4.16. The molecule has 0 atom stereocenters. The maximum Gasteiger partial charge on any atom is 0.234 e. The van der Waals surface area contributed by atoms with Gasteiger partial charge in [-0.15, -0.1) is 9.59 Å².